The summed E-state index contributed by atoms with van der Waals surface area (Å²) in [6.45, 7) is 4.78. The lowest BCUT2D eigenvalue weighted by molar-refractivity contribution is 0.425. The van der Waals surface area contributed by atoms with E-state index in [1.807, 2.05) is 25.1 Å². The molecule has 4 nitrogen and oxygen atoms in total. The van der Waals surface area contributed by atoms with Crippen molar-refractivity contribution in [1.82, 2.24) is 15.5 Å². The minimum atomic E-state index is 0.301. The Labute approximate surface area is 130 Å². The fourth-order valence-corrected chi connectivity index (χ4v) is 2.36. The molecule has 3 rings (SSSR count). The molecular weight excluding hydrogens is 274 g/mol. The number of aryl methyl sites for hydroxylation is 1. The molecule has 2 aromatic carbocycles. The van der Waals surface area contributed by atoms with Crippen LogP contribution in [0.4, 0.5) is 0 Å². The molecular formula is C18H19N3O. The largest absolute Gasteiger partial charge is 0.334 e. The molecule has 1 atom stereocenters. The summed E-state index contributed by atoms with van der Waals surface area (Å²) in [6, 6.07) is 18.9. The molecule has 0 amide bonds. The standard InChI is InChI=1S/C18H19N3O/c1-13(16-8-4-3-5-9-16)19-12-15-7-6-10-17(11-15)18-20-14(2)21-22-18/h3-11,13,19H,12H2,1-2H3. The average Bonchev–Trinajstić information content (AvgIpc) is 3.00. The zero-order chi connectivity index (χ0) is 15.4. The summed E-state index contributed by atoms with van der Waals surface area (Å²) < 4.78 is 5.22. The van der Waals surface area contributed by atoms with Crippen molar-refractivity contribution in [1.29, 1.82) is 0 Å². The van der Waals surface area contributed by atoms with Crippen molar-refractivity contribution in [3.8, 4) is 11.5 Å². The predicted molar refractivity (Wildman–Crippen MR) is 86.2 cm³/mol. The third kappa shape index (κ3) is 3.40. The van der Waals surface area contributed by atoms with Crippen LogP contribution in [0.3, 0.4) is 0 Å². The van der Waals surface area contributed by atoms with E-state index in [-0.39, 0.29) is 0 Å². The molecule has 0 radical (unpaired) electrons. The summed E-state index contributed by atoms with van der Waals surface area (Å²) in [5.74, 6) is 1.21. The zero-order valence-electron chi connectivity index (χ0n) is 12.8. The quantitative estimate of drug-likeness (QED) is 0.775. The van der Waals surface area contributed by atoms with Crippen LogP contribution in [0.25, 0.3) is 11.5 Å². The van der Waals surface area contributed by atoms with Gasteiger partial charge in [0.25, 0.3) is 5.89 Å². The molecule has 112 valence electrons. The van der Waals surface area contributed by atoms with E-state index in [4.69, 9.17) is 4.52 Å². The van der Waals surface area contributed by atoms with E-state index in [1.54, 1.807) is 0 Å². The fraction of sp³-hybridized carbons (Fsp3) is 0.222. The highest BCUT2D eigenvalue weighted by Crippen LogP contribution is 2.19. The van der Waals surface area contributed by atoms with Crippen LogP contribution in [-0.4, -0.2) is 10.1 Å². The summed E-state index contributed by atoms with van der Waals surface area (Å²) in [7, 11) is 0. The maximum Gasteiger partial charge on any atom is 0.257 e. The first-order valence-corrected chi connectivity index (χ1v) is 7.40. The Morgan fingerprint density at radius 3 is 2.64 bits per heavy atom. The van der Waals surface area contributed by atoms with Crippen LogP contribution in [0.15, 0.2) is 59.1 Å². The summed E-state index contributed by atoms with van der Waals surface area (Å²) >= 11 is 0. The van der Waals surface area contributed by atoms with Gasteiger partial charge in [-0.2, -0.15) is 4.98 Å². The summed E-state index contributed by atoms with van der Waals surface area (Å²) in [5.41, 5.74) is 3.43. The fourth-order valence-electron chi connectivity index (χ4n) is 2.36. The molecule has 0 fully saturated rings. The van der Waals surface area contributed by atoms with Crippen LogP contribution in [0.2, 0.25) is 0 Å². The summed E-state index contributed by atoms with van der Waals surface area (Å²) in [5, 5.41) is 7.37. The Bertz CT molecular complexity index is 737. The monoisotopic (exact) mass is 293 g/mol. The molecule has 0 aliphatic heterocycles. The van der Waals surface area contributed by atoms with Gasteiger partial charge in [0.2, 0.25) is 0 Å². The molecule has 0 spiro atoms. The van der Waals surface area contributed by atoms with E-state index in [1.165, 1.54) is 11.1 Å². The number of benzene rings is 2. The van der Waals surface area contributed by atoms with Crippen LogP contribution in [-0.2, 0) is 6.54 Å². The second-order valence-corrected chi connectivity index (χ2v) is 5.36. The van der Waals surface area contributed by atoms with Gasteiger partial charge < -0.3 is 9.84 Å². The van der Waals surface area contributed by atoms with Crippen molar-refractivity contribution in [3.63, 3.8) is 0 Å². The molecule has 0 saturated carbocycles. The first-order chi connectivity index (χ1) is 10.7. The first-order valence-electron chi connectivity index (χ1n) is 7.40. The molecule has 1 aromatic heterocycles. The minimum absolute atomic E-state index is 0.301. The van der Waals surface area contributed by atoms with Gasteiger partial charge in [-0.05, 0) is 37.1 Å². The second kappa shape index (κ2) is 6.54. The van der Waals surface area contributed by atoms with Gasteiger partial charge in [0, 0.05) is 18.2 Å². The number of hydrogen-bond acceptors (Lipinski definition) is 4. The topological polar surface area (TPSA) is 51.0 Å². The van der Waals surface area contributed by atoms with Crippen molar-refractivity contribution in [3.05, 3.63) is 71.5 Å². The first kappa shape index (κ1) is 14.5. The van der Waals surface area contributed by atoms with E-state index < -0.39 is 0 Å². The highest BCUT2D eigenvalue weighted by molar-refractivity contribution is 5.53. The Morgan fingerprint density at radius 1 is 1.09 bits per heavy atom. The van der Waals surface area contributed by atoms with Crippen molar-refractivity contribution < 1.29 is 4.52 Å². The summed E-state index contributed by atoms with van der Waals surface area (Å²) in [4.78, 5) is 4.27. The predicted octanol–water partition coefficient (Wildman–Crippen LogP) is 3.90. The Kier molecular flexibility index (Phi) is 4.30. The number of aromatic nitrogens is 2. The average molecular weight is 293 g/mol. The molecule has 3 aromatic rings. The lowest BCUT2D eigenvalue weighted by Gasteiger charge is -2.14. The molecule has 1 N–H and O–H groups in total. The third-order valence-electron chi connectivity index (χ3n) is 3.61. The van der Waals surface area contributed by atoms with Gasteiger partial charge in [-0.1, -0.05) is 47.6 Å². The van der Waals surface area contributed by atoms with Gasteiger partial charge >= 0.3 is 0 Å². The second-order valence-electron chi connectivity index (χ2n) is 5.36. The number of nitrogens with zero attached hydrogens (tertiary/aromatic N) is 2. The van der Waals surface area contributed by atoms with Gasteiger partial charge in [0.05, 0.1) is 0 Å². The van der Waals surface area contributed by atoms with E-state index in [0.717, 1.165) is 12.1 Å². The van der Waals surface area contributed by atoms with Crippen molar-refractivity contribution >= 4 is 0 Å². The SMILES string of the molecule is Cc1noc(-c2cccc(CNC(C)c3ccccc3)c2)n1. The van der Waals surface area contributed by atoms with Crippen LogP contribution in [0.5, 0.6) is 0 Å². The molecule has 4 heteroatoms. The van der Waals surface area contributed by atoms with Gasteiger partial charge in [0.15, 0.2) is 5.82 Å². The highest BCUT2D eigenvalue weighted by Gasteiger charge is 2.08. The highest BCUT2D eigenvalue weighted by atomic mass is 16.5. The molecule has 22 heavy (non-hydrogen) atoms. The lowest BCUT2D eigenvalue weighted by Crippen LogP contribution is -2.17. The molecule has 0 saturated heterocycles. The van der Waals surface area contributed by atoms with Crippen LogP contribution in [0.1, 0.15) is 29.9 Å². The van der Waals surface area contributed by atoms with Gasteiger partial charge in [-0.3, -0.25) is 0 Å². The van der Waals surface area contributed by atoms with Gasteiger partial charge in [0.1, 0.15) is 0 Å². The molecule has 1 heterocycles. The van der Waals surface area contributed by atoms with Crippen molar-refractivity contribution in [2.24, 2.45) is 0 Å². The lowest BCUT2D eigenvalue weighted by atomic mass is 10.1. The Hall–Kier alpha value is -2.46. The third-order valence-corrected chi connectivity index (χ3v) is 3.61. The van der Waals surface area contributed by atoms with Crippen LogP contribution >= 0.6 is 0 Å². The van der Waals surface area contributed by atoms with Gasteiger partial charge in [-0.15, -0.1) is 0 Å². The summed E-state index contributed by atoms with van der Waals surface area (Å²) in [6.07, 6.45) is 0. The molecule has 1 unspecified atom stereocenters. The Balaban J connectivity index is 1.68. The van der Waals surface area contributed by atoms with E-state index in [2.05, 4.69) is 58.8 Å². The van der Waals surface area contributed by atoms with Gasteiger partial charge in [-0.25, -0.2) is 0 Å². The smallest absolute Gasteiger partial charge is 0.257 e. The van der Waals surface area contributed by atoms with E-state index in [0.29, 0.717) is 17.8 Å². The minimum Gasteiger partial charge on any atom is -0.334 e. The maximum atomic E-state index is 5.22. The molecule has 0 bridgehead atoms. The van der Waals surface area contributed by atoms with Crippen LogP contribution < -0.4 is 5.32 Å². The van der Waals surface area contributed by atoms with Crippen LogP contribution in [0, 0.1) is 6.92 Å². The number of nitrogens with one attached hydrogen (secondary N) is 1. The van der Waals surface area contributed by atoms with E-state index in [9.17, 15) is 0 Å². The zero-order valence-corrected chi connectivity index (χ0v) is 12.8. The van der Waals surface area contributed by atoms with Crippen molar-refractivity contribution in [2.75, 3.05) is 0 Å². The Morgan fingerprint density at radius 2 is 1.91 bits per heavy atom. The molecule has 0 aliphatic carbocycles. The van der Waals surface area contributed by atoms with E-state index >= 15 is 0 Å². The maximum absolute atomic E-state index is 5.22. The van der Waals surface area contributed by atoms with Crippen molar-refractivity contribution in [2.45, 2.75) is 26.4 Å². The number of hydrogen-bond donors (Lipinski definition) is 1. The normalized spacial score (nSPS) is 12.3. The molecule has 0 aliphatic rings. The number of rotatable bonds is 5.